The van der Waals surface area contributed by atoms with E-state index in [2.05, 4.69) is 4.90 Å². The number of β-amino-alcohol motifs (C(OH)–C–C–N with tert-alkyl or cyclic N) is 1. The van der Waals surface area contributed by atoms with Gasteiger partial charge in [0.15, 0.2) is 0 Å². The summed E-state index contributed by atoms with van der Waals surface area (Å²) >= 11 is 0. The van der Waals surface area contributed by atoms with Crippen molar-refractivity contribution >= 4 is 17.4 Å². The van der Waals surface area contributed by atoms with Crippen LogP contribution in [0.4, 0.5) is 0 Å². The second-order valence-corrected chi connectivity index (χ2v) is 8.58. The van der Waals surface area contributed by atoms with Crippen molar-refractivity contribution in [2.45, 2.75) is 20.4 Å². The average Bonchev–Trinajstić information content (AvgIpc) is 3.07. The molecule has 0 unspecified atom stereocenters. The molecule has 2 heterocycles. The van der Waals surface area contributed by atoms with Crippen LogP contribution in [0.2, 0.25) is 0 Å². The van der Waals surface area contributed by atoms with Crippen molar-refractivity contribution in [2.75, 3.05) is 46.4 Å². The van der Waals surface area contributed by atoms with Crippen LogP contribution < -0.4 is 4.74 Å². The molecule has 7 nitrogen and oxygen atoms in total. The Kier molecular flexibility index (Phi) is 6.81. The molecule has 2 aromatic rings. The molecule has 1 saturated heterocycles. The number of carbonyl (C=O) groups is 2. The van der Waals surface area contributed by atoms with Crippen LogP contribution in [0.15, 0.2) is 48.2 Å². The number of piperazine rings is 1. The van der Waals surface area contributed by atoms with E-state index in [9.17, 15) is 14.7 Å². The molecular formula is C26H31N3O4. The number of aliphatic hydroxyl groups is 1. The quantitative estimate of drug-likeness (QED) is 0.654. The van der Waals surface area contributed by atoms with E-state index in [1.165, 1.54) is 4.90 Å². The molecule has 0 aromatic heterocycles. The van der Waals surface area contributed by atoms with Crippen molar-refractivity contribution in [1.29, 1.82) is 0 Å². The number of amides is 2. The molecule has 0 bridgehead atoms. The number of methoxy groups -OCH3 is 1. The Morgan fingerprint density at radius 3 is 2.33 bits per heavy atom. The van der Waals surface area contributed by atoms with Gasteiger partial charge in [-0.15, -0.1) is 0 Å². The number of benzene rings is 2. The van der Waals surface area contributed by atoms with Gasteiger partial charge in [0.2, 0.25) is 0 Å². The molecule has 1 N–H and O–H groups in total. The molecule has 2 aliphatic heterocycles. The highest BCUT2D eigenvalue weighted by Crippen LogP contribution is 2.34. The van der Waals surface area contributed by atoms with Gasteiger partial charge in [-0.2, -0.15) is 0 Å². The zero-order valence-electron chi connectivity index (χ0n) is 19.5. The van der Waals surface area contributed by atoms with Gasteiger partial charge in [0.1, 0.15) is 11.4 Å². The van der Waals surface area contributed by atoms with E-state index in [4.69, 9.17) is 4.74 Å². The van der Waals surface area contributed by atoms with Gasteiger partial charge in [0.05, 0.1) is 25.8 Å². The van der Waals surface area contributed by atoms with Gasteiger partial charge < -0.3 is 14.7 Å². The lowest BCUT2D eigenvalue weighted by molar-refractivity contribution is -0.138. The summed E-state index contributed by atoms with van der Waals surface area (Å²) in [6.07, 6.45) is 0. The summed E-state index contributed by atoms with van der Waals surface area (Å²) in [7, 11) is 1.59. The summed E-state index contributed by atoms with van der Waals surface area (Å²) in [6.45, 7) is 7.66. The number of hydrogen-bond acceptors (Lipinski definition) is 6. The largest absolute Gasteiger partial charge is 0.496 e. The fourth-order valence-corrected chi connectivity index (χ4v) is 4.50. The summed E-state index contributed by atoms with van der Waals surface area (Å²) in [6, 6.07) is 13.4. The second kappa shape index (κ2) is 9.77. The van der Waals surface area contributed by atoms with Crippen molar-refractivity contribution in [1.82, 2.24) is 14.7 Å². The van der Waals surface area contributed by atoms with Crippen LogP contribution in [0.5, 0.6) is 5.75 Å². The molecule has 4 rings (SSSR count). The maximum absolute atomic E-state index is 13.7. The van der Waals surface area contributed by atoms with E-state index >= 15 is 0 Å². The summed E-state index contributed by atoms with van der Waals surface area (Å²) < 4.78 is 5.45. The first-order valence-electron chi connectivity index (χ1n) is 11.3. The number of rotatable bonds is 7. The van der Waals surface area contributed by atoms with Crippen LogP contribution in [0.1, 0.15) is 22.3 Å². The highest BCUT2D eigenvalue weighted by Gasteiger charge is 2.42. The van der Waals surface area contributed by atoms with E-state index < -0.39 is 0 Å². The molecule has 0 saturated carbocycles. The van der Waals surface area contributed by atoms with Gasteiger partial charge in [-0.3, -0.25) is 19.4 Å². The van der Waals surface area contributed by atoms with Gasteiger partial charge in [0, 0.05) is 38.3 Å². The number of imide groups is 1. The number of aliphatic hydroxyl groups excluding tert-OH is 1. The van der Waals surface area contributed by atoms with E-state index in [0.29, 0.717) is 36.7 Å². The zero-order valence-corrected chi connectivity index (χ0v) is 19.5. The average molecular weight is 450 g/mol. The maximum atomic E-state index is 13.7. The van der Waals surface area contributed by atoms with Gasteiger partial charge in [-0.05, 0) is 36.6 Å². The SMILES string of the molecule is COc1ccccc1CN1C(=O)C(c2ccc(C)c(C)c2)=C(N2CCN(CCO)CC2)C1=O. The van der Waals surface area contributed by atoms with E-state index in [-0.39, 0.29) is 25.0 Å². The molecule has 0 radical (unpaired) electrons. The number of aryl methyl sites for hydroxylation is 2. The van der Waals surface area contributed by atoms with Crippen molar-refractivity contribution in [3.8, 4) is 5.75 Å². The second-order valence-electron chi connectivity index (χ2n) is 8.58. The van der Waals surface area contributed by atoms with Gasteiger partial charge in [-0.25, -0.2) is 0 Å². The van der Waals surface area contributed by atoms with Crippen LogP contribution in [0.3, 0.4) is 0 Å². The Morgan fingerprint density at radius 2 is 1.67 bits per heavy atom. The topological polar surface area (TPSA) is 73.3 Å². The number of carbonyl (C=O) groups excluding carboxylic acids is 2. The summed E-state index contributed by atoms with van der Waals surface area (Å²) in [5.41, 5.74) is 4.72. The molecule has 2 aliphatic rings. The van der Waals surface area contributed by atoms with Crippen LogP contribution in [0, 0.1) is 13.8 Å². The highest BCUT2D eigenvalue weighted by atomic mass is 16.5. The Balaban J connectivity index is 1.71. The van der Waals surface area contributed by atoms with E-state index in [1.54, 1.807) is 7.11 Å². The van der Waals surface area contributed by atoms with Crippen LogP contribution in [-0.4, -0.2) is 78.1 Å². The van der Waals surface area contributed by atoms with Crippen LogP contribution >= 0.6 is 0 Å². The molecule has 0 atom stereocenters. The lowest BCUT2D eigenvalue weighted by Crippen LogP contribution is -2.48. The van der Waals surface area contributed by atoms with Crippen LogP contribution in [0.25, 0.3) is 5.57 Å². The van der Waals surface area contributed by atoms with Gasteiger partial charge in [0.25, 0.3) is 11.8 Å². The molecule has 2 aromatic carbocycles. The predicted molar refractivity (Wildman–Crippen MR) is 126 cm³/mol. The zero-order chi connectivity index (χ0) is 23.5. The molecule has 1 fully saturated rings. The fourth-order valence-electron chi connectivity index (χ4n) is 4.50. The number of para-hydroxylation sites is 1. The van der Waals surface area contributed by atoms with E-state index in [0.717, 1.165) is 35.3 Å². The lowest BCUT2D eigenvalue weighted by Gasteiger charge is -2.36. The standard InChI is InChI=1S/C26H31N3O4/c1-18-8-9-20(16-19(18)2)23-24(28-12-10-27(11-13-28)14-15-30)26(32)29(25(23)31)17-21-6-4-5-7-22(21)33-3/h4-9,16,30H,10-15,17H2,1-3H3. The van der Waals surface area contributed by atoms with Crippen molar-refractivity contribution < 1.29 is 19.4 Å². The Labute approximate surface area is 194 Å². The minimum atomic E-state index is -0.276. The monoisotopic (exact) mass is 449 g/mol. The molecule has 0 aliphatic carbocycles. The molecule has 7 heteroatoms. The van der Waals surface area contributed by atoms with Crippen molar-refractivity contribution in [3.63, 3.8) is 0 Å². The smallest absolute Gasteiger partial charge is 0.278 e. The summed E-state index contributed by atoms with van der Waals surface area (Å²) in [5, 5.41) is 9.25. The maximum Gasteiger partial charge on any atom is 0.278 e. The first kappa shape index (κ1) is 23.0. The third-order valence-electron chi connectivity index (χ3n) is 6.56. The number of ether oxygens (including phenoxy) is 1. The van der Waals surface area contributed by atoms with Gasteiger partial charge >= 0.3 is 0 Å². The Bertz CT molecular complexity index is 1090. The van der Waals surface area contributed by atoms with E-state index in [1.807, 2.05) is 61.2 Å². The Morgan fingerprint density at radius 1 is 0.939 bits per heavy atom. The van der Waals surface area contributed by atoms with Crippen molar-refractivity contribution in [3.05, 3.63) is 70.4 Å². The molecule has 174 valence electrons. The normalized spacial score (nSPS) is 17.3. The van der Waals surface area contributed by atoms with Crippen molar-refractivity contribution in [2.24, 2.45) is 0 Å². The molecule has 0 spiro atoms. The minimum Gasteiger partial charge on any atom is -0.496 e. The lowest BCUT2D eigenvalue weighted by atomic mass is 9.99. The van der Waals surface area contributed by atoms with Gasteiger partial charge in [-0.1, -0.05) is 36.4 Å². The predicted octanol–water partition coefficient (Wildman–Crippen LogP) is 2.20. The van der Waals surface area contributed by atoms with Crippen LogP contribution in [-0.2, 0) is 16.1 Å². The fraction of sp³-hybridized carbons (Fsp3) is 0.385. The first-order chi connectivity index (χ1) is 15.9. The molecular weight excluding hydrogens is 418 g/mol. The first-order valence-corrected chi connectivity index (χ1v) is 11.3. The summed E-state index contributed by atoms with van der Waals surface area (Å²) in [5.74, 6) is 0.105. The third kappa shape index (κ3) is 4.51. The number of hydrogen-bond donors (Lipinski definition) is 1. The highest BCUT2D eigenvalue weighted by molar-refractivity contribution is 6.35. The minimum absolute atomic E-state index is 0.112. The summed E-state index contributed by atoms with van der Waals surface area (Å²) in [4.78, 5) is 32.9. The third-order valence-corrected chi connectivity index (χ3v) is 6.56. The number of nitrogens with zero attached hydrogens (tertiary/aromatic N) is 3. The Hall–Kier alpha value is -3.16. The molecule has 33 heavy (non-hydrogen) atoms. The molecule has 2 amide bonds.